The predicted octanol–water partition coefficient (Wildman–Crippen LogP) is 4.80. The minimum atomic E-state index is 0.415. The Kier molecular flexibility index (Phi) is 6.95. The van der Waals surface area contributed by atoms with Crippen LogP contribution in [0.25, 0.3) is 0 Å². The Morgan fingerprint density at radius 3 is 2.33 bits per heavy atom. The van der Waals surface area contributed by atoms with Gasteiger partial charge in [0.2, 0.25) is 0 Å². The highest BCUT2D eigenvalue weighted by Crippen LogP contribution is 2.32. The predicted molar refractivity (Wildman–Crippen MR) is 84.0 cm³/mol. The van der Waals surface area contributed by atoms with Crippen LogP contribution in [0.15, 0.2) is 28.7 Å². The highest BCUT2D eigenvalue weighted by atomic mass is 79.9. The second kappa shape index (κ2) is 7.96. The van der Waals surface area contributed by atoms with Crippen LogP contribution in [0.1, 0.15) is 45.1 Å². The van der Waals surface area contributed by atoms with Crippen molar-refractivity contribution in [3.8, 4) is 0 Å². The first-order valence-corrected chi connectivity index (χ1v) is 7.84. The molecule has 0 fully saturated rings. The van der Waals surface area contributed by atoms with Crippen molar-refractivity contribution in [2.75, 3.05) is 13.6 Å². The summed E-state index contributed by atoms with van der Waals surface area (Å²) >= 11 is 3.50. The second-order valence-corrected chi connectivity index (χ2v) is 6.21. The zero-order chi connectivity index (χ0) is 13.4. The molecule has 0 aliphatic carbocycles. The van der Waals surface area contributed by atoms with Crippen LogP contribution in [0.3, 0.4) is 0 Å². The number of benzene rings is 1. The molecule has 0 aromatic heterocycles. The van der Waals surface area contributed by atoms with Gasteiger partial charge in [0.05, 0.1) is 0 Å². The van der Waals surface area contributed by atoms with Gasteiger partial charge in [-0.05, 0) is 49.4 Å². The molecule has 1 rings (SSSR count). The molecule has 0 heterocycles. The van der Waals surface area contributed by atoms with E-state index in [2.05, 4.69) is 66.4 Å². The van der Waals surface area contributed by atoms with E-state index in [1.807, 2.05) is 0 Å². The molecule has 0 aliphatic heterocycles. The van der Waals surface area contributed by atoms with E-state index in [0.29, 0.717) is 5.41 Å². The van der Waals surface area contributed by atoms with E-state index in [9.17, 15) is 0 Å². The molecule has 0 amide bonds. The standard InChI is InChI=1S/C16H26BrN/c1-4-6-11-16(5-2,13-18-3)12-14-7-9-15(17)10-8-14/h7-10,18H,4-6,11-13H2,1-3H3. The Morgan fingerprint density at radius 1 is 1.17 bits per heavy atom. The fourth-order valence-electron chi connectivity index (χ4n) is 2.63. The zero-order valence-electron chi connectivity index (χ0n) is 11.9. The van der Waals surface area contributed by atoms with E-state index >= 15 is 0 Å². The summed E-state index contributed by atoms with van der Waals surface area (Å²) in [4.78, 5) is 0. The lowest BCUT2D eigenvalue weighted by Gasteiger charge is -2.33. The molecule has 0 saturated heterocycles. The molecule has 0 aliphatic rings. The summed E-state index contributed by atoms with van der Waals surface area (Å²) in [5, 5.41) is 3.39. The van der Waals surface area contributed by atoms with E-state index in [1.54, 1.807) is 0 Å². The largest absolute Gasteiger partial charge is 0.319 e. The molecule has 0 saturated carbocycles. The molecule has 102 valence electrons. The quantitative estimate of drug-likeness (QED) is 0.727. The van der Waals surface area contributed by atoms with Gasteiger partial charge in [0, 0.05) is 11.0 Å². The van der Waals surface area contributed by atoms with Crippen LogP contribution in [0, 0.1) is 5.41 Å². The summed E-state index contributed by atoms with van der Waals surface area (Å²) < 4.78 is 1.16. The van der Waals surface area contributed by atoms with Crippen LogP contribution >= 0.6 is 15.9 Å². The molecule has 1 atom stereocenters. The van der Waals surface area contributed by atoms with E-state index in [0.717, 1.165) is 11.0 Å². The van der Waals surface area contributed by atoms with Gasteiger partial charge >= 0.3 is 0 Å². The third kappa shape index (κ3) is 4.74. The summed E-state index contributed by atoms with van der Waals surface area (Å²) in [5.74, 6) is 0. The number of nitrogens with one attached hydrogen (secondary N) is 1. The molecular formula is C16H26BrN. The Bertz CT molecular complexity index is 333. The minimum absolute atomic E-state index is 0.415. The maximum absolute atomic E-state index is 3.50. The molecule has 1 nitrogen and oxygen atoms in total. The molecule has 0 spiro atoms. The van der Waals surface area contributed by atoms with Crippen LogP contribution in [0.4, 0.5) is 0 Å². The van der Waals surface area contributed by atoms with Crippen LogP contribution in [-0.2, 0) is 6.42 Å². The van der Waals surface area contributed by atoms with Crippen LogP contribution in [0.5, 0.6) is 0 Å². The fourth-order valence-corrected chi connectivity index (χ4v) is 2.89. The molecular weight excluding hydrogens is 286 g/mol. The van der Waals surface area contributed by atoms with Crippen molar-refractivity contribution in [3.05, 3.63) is 34.3 Å². The van der Waals surface area contributed by atoms with Crippen molar-refractivity contribution in [3.63, 3.8) is 0 Å². The van der Waals surface area contributed by atoms with Crippen molar-refractivity contribution < 1.29 is 0 Å². The van der Waals surface area contributed by atoms with Gasteiger partial charge in [0.1, 0.15) is 0 Å². The lowest BCUT2D eigenvalue weighted by Crippen LogP contribution is -2.34. The first kappa shape index (κ1) is 15.7. The van der Waals surface area contributed by atoms with Crippen molar-refractivity contribution >= 4 is 15.9 Å². The summed E-state index contributed by atoms with van der Waals surface area (Å²) in [7, 11) is 2.07. The van der Waals surface area contributed by atoms with Gasteiger partial charge < -0.3 is 5.32 Å². The highest BCUT2D eigenvalue weighted by Gasteiger charge is 2.26. The van der Waals surface area contributed by atoms with Gasteiger partial charge in [-0.3, -0.25) is 0 Å². The van der Waals surface area contributed by atoms with Crippen LogP contribution < -0.4 is 5.32 Å². The van der Waals surface area contributed by atoms with Gasteiger partial charge in [-0.25, -0.2) is 0 Å². The van der Waals surface area contributed by atoms with E-state index < -0.39 is 0 Å². The molecule has 18 heavy (non-hydrogen) atoms. The van der Waals surface area contributed by atoms with E-state index in [-0.39, 0.29) is 0 Å². The zero-order valence-corrected chi connectivity index (χ0v) is 13.5. The minimum Gasteiger partial charge on any atom is -0.319 e. The van der Waals surface area contributed by atoms with Crippen molar-refractivity contribution in [1.29, 1.82) is 0 Å². The Labute approximate surface area is 120 Å². The first-order chi connectivity index (χ1) is 8.65. The van der Waals surface area contributed by atoms with E-state index in [4.69, 9.17) is 0 Å². The normalized spacial score (nSPS) is 14.4. The SMILES string of the molecule is CCCCC(CC)(CNC)Cc1ccc(Br)cc1. The summed E-state index contributed by atoms with van der Waals surface area (Å²) in [6.45, 7) is 5.71. The number of hydrogen-bond acceptors (Lipinski definition) is 1. The van der Waals surface area contributed by atoms with Gasteiger partial charge in [0.15, 0.2) is 0 Å². The number of halogens is 1. The molecule has 2 heteroatoms. The Balaban J connectivity index is 2.78. The number of unbranched alkanes of at least 4 members (excludes halogenated alkanes) is 1. The third-order valence-electron chi connectivity index (χ3n) is 3.85. The Hall–Kier alpha value is -0.340. The highest BCUT2D eigenvalue weighted by molar-refractivity contribution is 9.10. The average molecular weight is 312 g/mol. The van der Waals surface area contributed by atoms with Gasteiger partial charge in [-0.2, -0.15) is 0 Å². The van der Waals surface area contributed by atoms with Crippen molar-refractivity contribution in [2.45, 2.75) is 46.0 Å². The molecule has 0 radical (unpaired) electrons. The monoisotopic (exact) mass is 311 g/mol. The van der Waals surface area contributed by atoms with Crippen LogP contribution in [0.2, 0.25) is 0 Å². The van der Waals surface area contributed by atoms with E-state index in [1.165, 1.54) is 37.7 Å². The Morgan fingerprint density at radius 2 is 1.83 bits per heavy atom. The number of hydrogen-bond donors (Lipinski definition) is 1. The summed E-state index contributed by atoms with van der Waals surface area (Å²) in [6.07, 6.45) is 6.34. The van der Waals surface area contributed by atoms with Crippen molar-refractivity contribution in [1.82, 2.24) is 5.32 Å². The van der Waals surface area contributed by atoms with Gasteiger partial charge in [-0.15, -0.1) is 0 Å². The maximum Gasteiger partial charge on any atom is 0.0175 e. The smallest absolute Gasteiger partial charge is 0.0175 e. The molecule has 1 aromatic rings. The fraction of sp³-hybridized carbons (Fsp3) is 0.625. The lowest BCUT2D eigenvalue weighted by atomic mass is 9.75. The molecule has 0 bridgehead atoms. The van der Waals surface area contributed by atoms with Gasteiger partial charge in [0.25, 0.3) is 0 Å². The summed E-state index contributed by atoms with van der Waals surface area (Å²) in [6, 6.07) is 8.79. The first-order valence-electron chi connectivity index (χ1n) is 7.05. The van der Waals surface area contributed by atoms with Gasteiger partial charge in [-0.1, -0.05) is 54.8 Å². The van der Waals surface area contributed by atoms with Crippen LogP contribution in [-0.4, -0.2) is 13.6 Å². The topological polar surface area (TPSA) is 12.0 Å². The van der Waals surface area contributed by atoms with Crippen molar-refractivity contribution in [2.24, 2.45) is 5.41 Å². The maximum atomic E-state index is 3.50. The molecule has 1 N–H and O–H groups in total. The third-order valence-corrected chi connectivity index (χ3v) is 4.38. The number of rotatable bonds is 8. The molecule has 1 unspecified atom stereocenters. The lowest BCUT2D eigenvalue weighted by molar-refractivity contribution is 0.235. The average Bonchev–Trinajstić information content (AvgIpc) is 2.39. The second-order valence-electron chi connectivity index (χ2n) is 5.29. The summed E-state index contributed by atoms with van der Waals surface area (Å²) in [5.41, 5.74) is 1.87. The molecule has 1 aromatic carbocycles.